The summed E-state index contributed by atoms with van der Waals surface area (Å²) in [6, 6.07) is 7.54. The first-order valence-corrected chi connectivity index (χ1v) is 8.72. The number of rotatable bonds is 6. The Hall–Kier alpha value is -0.380. The predicted octanol–water partition coefficient (Wildman–Crippen LogP) is 4.32. The fraction of sp³-hybridized carbons (Fsp3) is 0.647. The van der Waals surface area contributed by atoms with Crippen molar-refractivity contribution in [3.05, 3.63) is 33.8 Å². The number of piperidine rings is 1. The molecule has 3 heteroatoms. The number of benzene rings is 1. The summed E-state index contributed by atoms with van der Waals surface area (Å²) in [5.41, 5.74) is 2.78. The van der Waals surface area contributed by atoms with E-state index in [1.54, 1.807) is 0 Å². The van der Waals surface area contributed by atoms with Gasteiger partial charge in [-0.2, -0.15) is 0 Å². The number of hydrogen-bond acceptors (Lipinski definition) is 2. The lowest BCUT2D eigenvalue weighted by molar-refractivity contribution is 0.152. The second-order valence-electron chi connectivity index (χ2n) is 5.92. The molecule has 1 saturated heterocycles. The van der Waals surface area contributed by atoms with Gasteiger partial charge in [-0.1, -0.05) is 41.4 Å². The Morgan fingerprint density at radius 2 is 2.20 bits per heavy atom. The van der Waals surface area contributed by atoms with E-state index in [4.69, 9.17) is 0 Å². The molecule has 2 nitrogen and oxygen atoms in total. The highest BCUT2D eigenvalue weighted by Gasteiger charge is 2.18. The maximum Gasteiger partial charge on any atom is 0.0247 e. The van der Waals surface area contributed by atoms with E-state index in [0.717, 1.165) is 25.7 Å². The molecule has 1 N–H and O–H groups in total. The van der Waals surface area contributed by atoms with Crippen LogP contribution < -0.4 is 5.32 Å². The van der Waals surface area contributed by atoms with Gasteiger partial charge >= 0.3 is 0 Å². The molecule has 1 fully saturated rings. The number of nitrogens with one attached hydrogen (secondary N) is 1. The molecule has 1 unspecified atom stereocenters. The van der Waals surface area contributed by atoms with Gasteiger partial charge in [-0.3, -0.25) is 4.90 Å². The fourth-order valence-corrected chi connectivity index (χ4v) is 3.40. The second kappa shape index (κ2) is 8.16. The van der Waals surface area contributed by atoms with Crippen molar-refractivity contribution in [1.29, 1.82) is 0 Å². The summed E-state index contributed by atoms with van der Waals surface area (Å²) >= 11 is 3.75. The van der Waals surface area contributed by atoms with Crippen molar-refractivity contribution in [2.24, 2.45) is 0 Å². The summed E-state index contributed by atoms with van der Waals surface area (Å²) in [5, 5.41) is 3.46. The van der Waals surface area contributed by atoms with Crippen LogP contribution in [0.2, 0.25) is 0 Å². The van der Waals surface area contributed by atoms with Crippen molar-refractivity contribution >= 4 is 15.9 Å². The Morgan fingerprint density at radius 1 is 1.35 bits per heavy atom. The molecule has 20 heavy (non-hydrogen) atoms. The maximum absolute atomic E-state index is 3.75. The van der Waals surface area contributed by atoms with Crippen molar-refractivity contribution < 1.29 is 0 Å². The minimum absolute atomic E-state index is 0.724. The molecule has 0 radical (unpaired) electrons. The van der Waals surface area contributed by atoms with Crippen LogP contribution in [0.4, 0.5) is 0 Å². The number of halogens is 1. The number of nitrogens with zero attached hydrogens (tertiary/aromatic N) is 1. The Labute approximate surface area is 132 Å². The molecule has 112 valence electrons. The average Bonchev–Trinajstić information content (AvgIpc) is 2.44. The molecule has 0 bridgehead atoms. The van der Waals surface area contributed by atoms with Gasteiger partial charge in [0.25, 0.3) is 0 Å². The molecule has 1 aliphatic rings. The van der Waals surface area contributed by atoms with Gasteiger partial charge in [0.1, 0.15) is 0 Å². The summed E-state index contributed by atoms with van der Waals surface area (Å²) in [5.74, 6) is 0. The van der Waals surface area contributed by atoms with E-state index in [0.29, 0.717) is 0 Å². The average molecular weight is 339 g/mol. The fourth-order valence-electron chi connectivity index (χ4n) is 2.85. The molecule has 1 aromatic carbocycles. The first-order valence-electron chi connectivity index (χ1n) is 7.92. The normalized spacial score (nSPS) is 20.2. The molecule has 0 spiro atoms. The van der Waals surface area contributed by atoms with Gasteiger partial charge in [0.15, 0.2) is 0 Å². The molecule has 1 heterocycles. The van der Waals surface area contributed by atoms with E-state index in [-0.39, 0.29) is 0 Å². The van der Waals surface area contributed by atoms with Gasteiger partial charge in [0.2, 0.25) is 0 Å². The predicted molar refractivity (Wildman–Crippen MR) is 89.9 cm³/mol. The standard InChI is InChI=1S/C17H27BrN2/c1-3-9-19-12-15-7-8-16(17(18)11-15)13-20-10-5-4-6-14(20)2/h7-8,11,14,19H,3-6,9-10,12-13H2,1-2H3. The molecule has 0 aromatic heterocycles. The molecule has 1 aliphatic heterocycles. The molecule has 1 aromatic rings. The van der Waals surface area contributed by atoms with Crippen molar-refractivity contribution in [3.63, 3.8) is 0 Å². The van der Waals surface area contributed by atoms with E-state index >= 15 is 0 Å². The molecule has 0 amide bonds. The highest BCUT2D eigenvalue weighted by atomic mass is 79.9. The van der Waals surface area contributed by atoms with Crippen LogP contribution >= 0.6 is 15.9 Å². The topological polar surface area (TPSA) is 15.3 Å². The summed E-state index contributed by atoms with van der Waals surface area (Å²) in [6.45, 7) is 8.93. The highest BCUT2D eigenvalue weighted by molar-refractivity contribution is 9.10. The Bertz CT molecular complexity index is 419. The summed E-state index contributed by atoms with van der Waals surface area (Å²) in [7, 11) is 0. The van der Waals surface area contributed by atoms with Crippen molar-refractivity contribution in [3.8, 4) is 0 Å². The zero-order chi connectivity index (χ0) is 14.4. The number of hydrogen-bond donors (Lipinski definition) is 1. The lowest BCUT2D eigenvalue weighted by Gasteiger charge is -2.33. The van der Waals surface area contributed by atoms with Gasteiger partial charge in [-0.15, -0.1) is 0 Å². The van der Waals surface area contributed by atoms with E-state index in [1.807, 2.05) is 0 Å². The largest absolute Gasteiger partial charge is 0.313 e. The SMILES string of the molecule is CCCNCc1ccc(CN2CCCCC2C)c(Br)c1. The summed E-state index contributed by atoms with van der Waals surface area (Å²) in [4.78, 5) is 2.61. The van der Waals surface area contributed by atoms with Crippen LogP contribution in [0.25, 0.3) is 0 Å². The monoisotopic (exact) mass is 338 g/mol. The van der Waals surface area contributed by atoms with E-state index in [1.165, 1.54) is 47.8 Å². The quantitative estimate of drug-likeness (QED) is 0.777. The lowest BCUT2D eigenvalue weighted by Crippen LogP contribution is -2.36. The lowest BCUT2D eigenvalue weighted by atomic mass is 10.0. The van der Waals surface area contributed by atoms with Gasteiger partial charge < -0.3 is 5.32 Å². The Balaban J connectivity index is 1.94. The highest BCUT2D eigenvalue weighted by Crippen LogP contribution is 2.24. The van der Waals surface area contributed by atoms with Crippen LogP contribution in [0.3, 0.4) is 0 Å². The van der Waals surface area contributed by atoms with E-state index in [2.05, 4.69) is 58.2 Å². The van der Waals surface area contributed by atoms with Crippen molar-refractivity contribution in [1.82, 2.24) is 10.2 Å². The summed E-state index contributed by atoms with van der Waals surface area (Å²) in [6.07, 6.45) is 5.27. The maximum atomic E-state index is 3.75. The second-order valence-corrected chi connectivity index (χ2v) is 6.77. The van der Waals surface area contributed by atoms with Crippen molar-refractivity contribution in [2.45, 2.75) is 58.7 Å². The smallest absolute Gasteiger partial charge is 0.0247 e. The zero-order valence-corrected chi connectivity index (χ0v) is 14.4. The van der Waals surface area contributed by atoms with E-state index in [9.17, 15) is 0 Å². The molecule has 2 rings (SSSR count). The van der Waals surface area contributed by atoms with E-state index < -0.39 is 0 Å². The minimum atomic E-state index is 0.724. The third-order valence-corrected chi connectivity index (χ3v) is 4.93. The van der Waals surface area contributed by atoms with Gasteiger partial charge in [0, 0.05) is 23.6 Å². The van der Waals surface area contributed by atoms with Crippen molar-refractivity contribution in [2.75, 3.05) is 13.1 Å². The van der Waals surface area contributed by atoms with Crippen LogP contribution in [0.1, 0.15) is 50.7 Å². The third-order valence-electron chi connectivity index (χ3n) is 4.19. The van der Waals surface area contributed by atoms with Crippen LogP contribution in [0, 0.1) is 0 Å². The first-order chi connectivity index (χ1) is 9.70. The third kappa shape index (κ3) is 4.57. The number of likely N-dealkylation sites (tertiary alicyclic amines) is 1. The van der Waals surface area contributed by atoms with Crippen LogP contribution in [0.15, 0.2) is 22.7 Å². The zero-order valence-electron chi connectivity index (χ0n) is 12.8. The van der Waals surface area contributed by atoms with Gasteiger partial charge in [-0.25, -0.2) is 0 Å². The molecular formula is C17H27BrN2. The Kier molecular flexibility index (Phi) is 6.53. The molecule has 0 aliphatic carbocycles. The molecule has 1 atom stereocenters. The van der Waals surface area contributed by atoms with Gasteiger partial charge in [0.05, 0.1) is 0 Å². The van der Waals surface area contributed by atoms with Crippen LogP contribution in [-0.4, -0.2) is 24.0 Å². The minimum Gasteiger partial charge on any atom is -0.313 e. The van der Waals surface area contributed by atoms with Gasteiger partial charge in [-0.05, 0) is 56.5 Å². The van der Waals surface area contributed by atoms with Crippen LogP contribution in [-0.2, 0) is 13.1 Å². The van der Waals surface area contributed by atoms with Crippen LogP contribution in [0.5, 0.6) is 0 Å². The molecule has 0 saturated carbocycles. The Morgan fingerprint density at radius 3 is 2.90 bits per heavy atom. The summed E-state index contributed by atoms with van der Waals surface area (Å²) < 4.78 is 1.26. The first kappa shape index (κ1) is 16.0. The molecular weight excluding hydrogens is 312 g/mol.